The molecule has 0 saturated carbocycles. The van der Waals surface area contributed by atoms with Gasteiger partial charge >= 0.3 is 0 Å². The van der Waals surface area contributed by atoms with Crippen LogP contribution in [0.15, 0.2) is 42.5 Å². The monoisotopic (exact) mass is 516 g/mol. The molecule has 0 aliphatic rings. The lowest BCUT2D eigenvalue weighted by molar-refractivity contribution is -0.121. The topological polar surface area (TPSA) is 157 Å². The zero-order chi connectivity index (χ0) is 27.2. The van der Waals surface area contributed by atoms with Crippen LogP contribution >= 0.6 is 0 Å². The number of amidine groups is 1. The van der Waals surface area contributed by atoms with E-state index in [2.05, 4.69) is 20.8 Å². The first-order valence-corrected chi connectivity index (χ1v) is 12.6. The fourth-order valence-electron chi connectivity index (χ4n) is 4.18. The number of unbranched alkanes of at least 4 members (excludes halogenated alkanes) is 1. The van der Waals surface area contributed by atoms with Crippen molar-refractivity contribution in [2.75, 3.05) is 18.4 Å². The summed E-state index contributed by atoms with van der Waals surface area (Å²) < 4.78 is 1.91. The molecule has 4 aromatic rings. The highest BCUT2D eigenvalue weighted by Crippen LogP contribution is 2.24. The maximum Gasteiger partial charge on any atom is 0.220 e. The molecule has 0 spiro atoms. The van der Waals surface area contributed by atoms with E-state index in [4.69, 9.17) is 15.6 Å². The number of rotatable bonds is 11. The third-order valence-electron chi connectivity index (χ3n) is 6.11. The molecule has 198 valence electrons. The first-order chi connectivity index (χ1) is 18.3. The van der Waals surface area contributed by atoms with Gasteiger partial charge in [0, 0.05) is 36.2 Å². The molecule has 38 heavy (non-hydrogen) atoms. The van der Waals surface area contributed by atoms with Gasteiger partial charge in [0.15, 0.2) is 11.6 Å². The molecule has 0 atom stereocenters. The van der Waals surface area contributed by atoms with Gasteiger partial charge in [-0.1, -0.05) is 38.1 Å². The maximum absolute atomic E-state index is 13.2. The van der Waals surface area contributed by atoms with Gasteiger partial charge in [-0.15, -0.1) is 10.2 Å². The van der Waals surface area contributed by atoms with Crippen molar-refractivity contribution in [3.8, 4) is 0 Å². The molecule has 2 heterocycles. The number of benzene rings is 2. The molecular weight excluding hydrogens is 484 g/mol. The summed E-state index contributed by atoms with van der Waals surface area (Å²) in [5.41, 5.74) is 5.20. The predicted molar refractivity (Wildman–Crippen MR) is 145 cm³/mol. The first-order valence-electron chi connectivity index (χ1n) is 12.6. The fourth-order valence-corrected chi connectivity index (χ4v) is 4.18. The third-order valence-corrected chi connectivity index (χ3v) is 6.11. The summed E-state index contributed by atoms with van der Waals surface area (Å²) in [7, 11) is 0. The number of hydrogen-bond acceptors (Lipinski definition) is 8. The van der Waals surface area contributed by atoms with E-state index in [0.29, 0.717) is 64.9 Å². The fraction of sp³-hybridized carbons (Fsp3) is 0.333. The van der Waals surface area contributed by atoms with E-state index < -0.39 is 0 Å². The van der Waals surface area contributed by atoms with Gasteiger partial charge in [0.1, 0.15) is 11.7 Å². The van der Waals surface area contributed by atoms with Crippen molar-refractivity contribution in [2.45, 2.75) is 40.0 Å². The Labute approximate surface area is 220 Å². The molecule has 0 unspecified atom stereocenters. The SMILES string of the molecule is Cc1nnc2c(NCCCCNC(=O)CC(C)C)nc3cc(C(=O)c4ccc(C(=N)NO)cc4)ccc3n12. The molecule has 2 aromatic carbocycles. The van der Waals surface area contributed by atoms with E-state index >= 15 is 0 Å². The molecule has 11 heteroatoms. The number of hydroxylamine groups is 1. The summed E-state index contributed by atoms with van der Waals surface area (Å²) in [5.74, 6) is 1.36. The van der Waals surface area contributed by atoms with Crippen molar-refractivity contribution in [1.82, 2.24) is 30.4 Å². The van der Waals surface area contributed by atoms with Gasteiger partial charge in [0.2, 0.25) is 11.6 Å². The minimum Gasteiger partial charge on any atom is -0.367 e. The Morgan fingerprint density at radius 1 is 1.00 bits per heavy atom. The van der Waals surface area contributed by atoms with Gasteiger partial charge in [0.25, 0.3) is 0 Å². The van der Waals surface area contributed by atoms with Crippen molar-refractivity contribution >= 4 is 40.0 Å². The summed E-state index contributed by atoms with van der Waals surface area (Å²) >= 11 is 0. The number of carbonyl (C=O) groups excluding carboxylic acids is 2. The molecule has 0 bridgehead atoms. The van der Waals surface area contributed by atoms with Crippen LogP contribution in [0.5, 0.6) is 0 Å². The van der Waals surface area contributed by atoms with Crippen LogP contribution in [-0.4, -0.2) is 55.4 Å². The van der Waals surface area contributed by atoms with E-state index in [1.807, 2.05) is 31.2 Å². The summed E-state index contributed by atoms with van der Waals surface area (Å²) in [6, 6.07) is 11.8. The van der Waals surface area contributed by atoms with Gasteiger partial charge in [-0.3, -0.25) is 30.1 Å². The van der Waals surface area contributed by atoms with Crippen LogP contribution < -0.4 is 16.1 Å². The lowest BCUT2D eigenvalue weighted by Crippen LogP contribution is -2.25. The quantitative estimate of drug-likeness (QED) is 0.0667. The Morgan fingerprint density at radius 2 is 1.68 bits per heavy atom. The Hall–Kier alpha value is -4.38. The van der Waals surface area contributed by atoms with Crippen molar-refractivity contribution in [2.24, 2.45) is 5.92 Å². The zero-order valence-electron chi connectivity index (χ0n) is 21.7. The third kappa shape index (κ3) is 5.94. The van der Waals surface area contributed by atoms with Gasteiger partial charge in [0.05, 0.1) is 11.0 Å². The lowest BCUT2D eigenvalue weighted by Gasteiger charge is -2.11. The average Bonchev–Trinajstić information content (AvgIpc) is 3.30. The second-order valence-corrected chi connectivity index (χ2v) is 9.55. The number of nitrogens with zero attached hydrogens (tertiary/aromatic N) is 4. The van der Waals surface area contributed by atoms with Gasteiger partial charge < -0.3 is 10.6 Å². The second kappa shape index (κ2) is 11.8. The first kappa shape index (κ1) is 26.7. The number of hydrogen-bond donors (Lipinski definition) is 5. The van der Waals surface area contributed by atoms with Crippen molar-refractivity contribution in [3.05, 3.63) is 65.0 Å². The number of fused-ring (bicyclic) bond motifs is 3. The molecule has 0 radical (unpaired) electrons. The predicted octanol–water partition coefficient (Wildman–Crippen LogP) is 3.48. The summed E-state index contributed by atoms with van der Waals surface area (Å²) in [6.07, 6.45) is 2.20. The van der Waals surface area contributed by atoms with Crippen LogP contribution in [0.3, 0.4) is 0 Å². The van der Waals surface area contributed by atoms with Crippen molar-refractivity contribution in [1.29, 1.82) is 5.41 Å². The molecule has 4 rings (SSSR count). The molecule has 11 nitrogen and oxygen atoms in total. The largest absolute Gasteiger partial charge is 0.367 e. The zero-order valence-corrected chi connectivity index (χ0v) is 21.7. The Morgan fingerprint density at radius 3 is 2.39 bits per heavy atom. The van der Waals surface area contributed by atoms with E-state index in [1.54, 1.807) is 41.9 Å². The number of carbonyl (C=O) groups is 2. The number of aromatic nitrogens is 4. The Balaban J connectivity index is 1.51. The number of nitrogens with one attached hydrogen (secondary N) is 4. The molecule has 2 aromatic heterocycles. The highest BCUT2D eigenvalue weighted by atomic mass is 16.5. The maximum atomic E-state index is 13.2. The van der Waals surface area contributed by atoms with Gasteiger partial charge in [-0.25, -0.2) is 4.98 Å². The minimum absolute atomic E-state index is 0.0766. The molecule has 1 amide bonds. The summed E-state index contributed by atoms with van der Waals surface area (Å²) in [4.78, 5) is 29.7. The minimum atomic E-state index is -0.182. The Kier molecular flexibility index (Phi) is 8.27. The standard InChI is InChI=1S/C27H32N8O3/c1-16(2)14-23(36)29-12-4-5-13-30-26-27-33-32-17(3)35(27)22-11-10-20(15-21(22)31-26)24(37)18-6-8-19(9-7-18)25(28)34-38/h6-11,15-16,38H,4-5,12-14H2,1-3H3,(H2,28,34)(H,29,36)(H,30,31). The Bertz CT molecular complexity index is 1480. The van der Waals surface area contributed by atoms with E-state index in [-0.39, 0.29) is 17.5 Å². The molecule has 0 fully saturated rings. The van der Waals surface area contributed by atoms with Crippen LogP contribution in [0, 0.1) is 18.3 Å². The molecular formula is C27H32N8O3. The van der Waals surface area contributed by atoms with E-state index in [1.165, 1.54) is 0 Å². The van der Waals surface area contributed by atoms with E-state index in [0.717, 1.165) is 18.4 Å². The van der Waals surface area contributed by atoms with Gasteiger partial charge in [-0.05, 0) is 43.9 Å². The van der Waals surface area contributed by atoms with Crippen LogP contribution in [0.2, 0.25) is 0 Å². The molecule has 5 N–H and O–H groups in total. The van der Waals surface area contributed by atoms with Crippen LogP contribution in [0.4, 0.5) is 5.82 Å². The average molecular weight is 517 g/mol. The molecule has 0 aliphatic carbocycles. The number of amides is 1. The smallest absolute Gasteiger partial charge is 0.220 e. The summed E-state index contributed by atoms with van der Waals surface area (Å²) in [6.45, 7) is 7.18. The highest BCUT2D eigenvalue weighted by Gasteiger charge is 2.16. The number of anilines is 1. The number of aryl methyl sites for hydroxylation is 1. The van der Waals surface area contributed by atoms with E-state index in [9.17, 15) is 9.59 Å². The van der Waals surface area contributed by atoms with Crippen molar-refractivity contribution in [3.63, 3.8) is 0 Å². The van der Waals surface area contributed by atoms with Crippen molar-refractivity contribution < 1.29 is 14.8 Å². The molecule has 0 saturated heterocycles. The number of ketones is 1. The highest BCUT2D eigenvalue weighted by molar-refractivity contribution is 6.11. The van der Waals surface area contributed by atoms with Crippen LogP contribution in [-0.2, 0) is 4.79 Å². The summed E-state index contributed by atoms with van der Waals surface area (Å²) in [5, 5.41) is 31.3. The molecule has 0 aliphatic heterocycles. The van der Waals surface area contributed by atoms with Crippen LogP contribution in [0.25, 0.3) is 16.7 Å². The normalized spacial score (nSPS) is 11.2. The second-order valence-electron chi connectivity index (χ2n) is 9.55. The van der Waals surface area contributed by atoms with Crippen LogP contribution in [0.1, 0.15) is 60.4 Å². The van der Waals surface area contributed by atoms with Gasteiger partial charge in [-0.2, -0.15) is 0 Å². The lowest BCUT2D eigenvalue weighted by atomic mass is 10.0.